The fourth-order valence-corrected chi connectivity index (χ4v) is 10.5. The van der Waals surface area contributed by atoms with Crippen LogP contribution in [0.4, 0.5) is 17.1 Å². The zero-order valence-corrected chi connectivity index (χ0v) is 36.7. The van der Waals surface area contributed by atoms with Crippen molar-refractivity contribution >= 4 is 89.4 Å². The van der Waals surface area contributed by atoms with Gasteiger partial charge in [-0.15, -0.1) is 0 Å². The minimum atomic E-state index is -0.156. The minimum Gasteiger partial charge on any atom is -0.456 e. The van der Waals surface area contributed by atoms with Gasteiger partial charge in [0.25, 0.3) is 0 Å². The molecule has 11 rings (SSSR count). The molecule has 0 radical (unpaired) electrons. The van der Waals surface area contributed by atoms with Gasteiger partial charge >= 0.3 is 6.85 Å². The van der Waals surface area contributed by atoms with Crippen LogP contribution in [-0.2, 0) is 10.8 Å². The first-order valence-corrected chi connectivity index (χ1v) is 21.8. The highest BCUT2D eigenvalue weighted by Gasteiger charge is 2.41. The average Bonchev–Trinajstić information content (AvgIpc) is 3.77. The van der Waals surface area contributed by atoms with Crippen molar-refractivity contribution in [2.75, 3.05) is 4.90 Å². The number of aromatic nitrogens is 1. The Labute approximate surface area is 359 Å². The van der Waals surface area contributed by atoms with Gasteiger partial charge in [0.1, 0.15) is 11.2 Å². The maximum atomic E-state index is 7.02. The van der Waals surface area contributed by atoms with Crippen molar-refractivity contribution < 1.29 is 4.42 Å². The molecule has 0 amide bonds. The van der Waals surface area contributed by atoms with Crippen LogP contribution in [-0.4, -0.2) is 11.3 Å². The largest absolute Gasteiger partial charge is 0.456 e. The highest BCUT2D eigenvalue weighted by Crippen LogP contribution is 2.49. The number of aryl methyl sites for hydroxylation is 3. The highest BCUT2D eigenvalue weighted by atomic mass is 16.3. The van der Waals surface area contributed by atoms with E-state index in [-0.39, 0.29) is 17.7 Å². The fourth-order valence-electron chi connectivity index (χ4n) is 10.5. The number of furan rings is 1. The molecule has 1 aliphatic rings. The molecule has 3 heterocycles. The number of hydrogen-bond acceptors (Lipinski definition) is 2. The van der Waals surface area contributed by atoms with Crippen molar-refractivity contribution in [3.8, 4) is 11.1 Å². The van der Waals surface area contributed by atoms with Crippen LogP contribution < -0.4 is 15.8 Å². The number of fused-ring (bicyclic) bond motifs is 9. The number of nitrogens with zero attached hydrogens (tertiary/aromatic N) is 2. The summed E-state index contributed by atoms with van der Waals surface area (Å²) in [4.78, 5) is 2.60. The van der Waals surface area contributed by atoms with Crippen molar-refractivity contribution in [2.24, 2.45) is 0 Å². The summed E-state index contributed by atoms with van der Waals surface area (Å²) in [5, 5.41) is 7.21. The van der Waals surface area contributed by atoms with Gasteiger partial charge in [-0.1, -0.05) is 161 Å². The zero-order chi connectivity index (χ0) is 42.1. The molecule has 0 bridgehead atoms. The van der Waals surface area contributed by atoms with Crippen LogP contribution >= 0.6 is 0 Å². The van der Waals surface area contributed by atoms with Crippen molar-refractivity contribution in [1.82, 2.24) is 4.48 Å². The summed E-state index contributed by atoms with van der Waals surface area (Å²) in [6.07, 6.45) is 0. The van der Waals surface area contributed by atoms with E-state index in [9.17, 15) is 0 Å². The lowest BCUT2D eigenvalue weighted by molar-refractivity contribution is 0.569. The molecule has 0 saturated carbocycles. The Hall–Kier alpha value is -6.52. The molecule has 10 aromatic rings. The van der Waals surface area contributed by atoms with Gasteiger partial charge in [-0.05, 0) is 112 Å². The zero-order valence-electron chi connectivity index (χ0n) is 36.7. The van der Waals surface area contributed by atoms with E-state index in [1.807, 2.05) is 0 Å². The summed E-state index contributed by atoms with van der Waals surface area (Å²) >= 11 is 0. The Morgan fingerprint density at radius 2 is 1.15 bits per heavy atom. The second-order valence-electron chi connectivity index (χ2n) is 19.6. The topological polar surface area (TPSA) is 21.3 Å². The number of anilines is 3. The third-order valence-electron chi connectivity index (χ3n) is 13.4. The molecule has 2 aromatic heterocycles. The molecule has 3 nitrogen and oxygen atoms in total. The van der Waals surface area contributed by atoms with Crippen molar-refractivity contribution in [2.45, 2.75) is 73.1 Å². The van der Waals surface area contributed by atoms with Crippen LogP contribution in [0, 0.1) is 20.8 Å². The molecule has 0 atom stereocenters. The van der Waals surface area contributed by atoms with Crippen molar-refractivity contribution in [3.05, 3.63) is 173 Å². The Morgan fingerprint density at radius 1 is 0.508 bits per heavy atom. The number of benzene rings is 8. The molecular weight excluding hydrogens is 739 g/mol. The van der Waals surface area contributed by atoms with E-state index in [1.54, 1.807) is 0 Å². The maximum Gasteiger partial charge on any atom is 0.331 e. The Kier molecular flexibility index (Phi) is 8.14. The summed E-state index contributed by atoms with van der Waals surface area (Å²) in [5.41, 5.74) is 19.1. The predicted molar refractivity (Wildman–Crippen MR) is 263 cm³/mol. The van der Waals surface area contributed by atoms with E-state index in [0.29, 0.717) is 0 Å². The Balaban J connectivity index is 1.40. The van der Waals surface area contributed by atoms with Crippen molar-refractivity contribution in [3.63, 3.8) is 0 Å². The van der Waals surface area contributed by atoms with Crippen LogP contribution in [0.2, 0.25) is 0 Å². The molecule has 61 heavy (non-hydrogen) atoms. The lowest BCUT2D eigenvalue weighted by atomic mass is 9.45. The van der Waals surface area contributed by atoms with Gasteiger partial charge < -0.3 is 13.8 Å². The van der Waals surface area contributed by atoms with Gasteiger partial charge in [-0.3, -0.25) is 0 Å². The monoisotopic (exact) mass is 790 g/mol. The molecule has 4 heteroatoms. The summed E-state index contributed by atoms with van der Waals surface area (Å²) < 4.78 is 9.70. The van der Waals surface area contributed by atoms with E-state index in [4.69, 9.17) is 4.42 Å². The van der Waals surface area contributed by atoms with Gasteiger partial charge in [0.15, 0.2) is 0 Å². The number of para-hydroxylation sites is 3. The molecule has 1 aliphatic heterocycles. The third kappa shape index (κ3) is 5.72. The lowest BCUT2D eigenvalue weighted by Gasteiger charge is -2.37. The molecule has 0 unspecified atom stereocenters. The summed E-state index contributed by atoms with van der Waals surface area (Å²) in [6, 6.07) is 54.7. The summed E-state index contributed by atoms with van der Waals surface area (Å²) in [7, 11) is 0. The molecule has 298 valence electrons. The van der Waals surface area contributed by atoms with Gasteiger partial charge in [-0.25, -0.2) is 0 Å². The molecule has 0 N–H and O–H groups in total. The molecular formula is C57H51BN2O. The minimum absolute atomic E-state index is 0.0912. The molecule has 8 aromatic carbocycles. The molecule has 0 saturated heterocycles. The normalized spacial score (nSPS) is 13.0. The van der Waals surface area contributed by atoms with E-state index >= 15 is 0 Å². The quantitative estimate of drug-likeness (QED) is 0.166. The number of hydrogen-bond donors (Lipinski definition) is 0. The average molecular weight is 791 g/mol. The molecule has 0 spiro atoms. The van der Waals surface area contributed by atoms with Crippen LogP contribution in [0.25, 0.3) is 65.6 Å². The van der Waals surface area contributed by atoms with Crippen molar-refractivity contribution in [1.29, 1.82) is 0 Å². The smallest absolute Gasteiger partial charge is 0.331 e. The van der Waals surface area contributed by atoms with E-state index in [0.717, 1.165) is 39.0 Å². The number of rotatable bonds is 4. The van der Waals surface area contributed by atoms with E-state index < -0.39 is 0 Å². The molecule has 0 aliphatic carbocycles. The first-order chi connectivity index (χ1) is 29.3. The first kappa shape index (κ1) is 37.5. The highest BCUT2D eigenvalue weighted by molar-refractivity contribution is 6.89. The predicted octanol–water partition coefficient (Wildman–Crippen LogP) is 14.5. The van der Waals surface area contributed by atoms with E-state index in [1.165, 1.54) is 82.4 Å². The second-order valence-corrected chi connectivity index (χ2v) is 19.6. The van der Waals surface area contributed by atoms with Gasteiger partial charge in [0.05, 0.1) is 11.1 Å². The van der Waals surface area contributed by atoms with Crippen LogP contribution in [0.3, 0.4) is 0 Å². The SMILES string of the molecule is Cc1cc(C)c(B2c3c(cc4oc5ccccc5c4c3N(c3cc(C(C)(C)C)cc(C(C)(C)C)c3)c3ccc4ccccc4c3)-c3cccc4c5ccccc5n2c34)c(C)c1. The van der Waals surface area contributed by atoms with Gasteiger partial charge in [0, 0.05) is 44.1 Å². The van der Waals surface area contributed by atoms with Gasteiger partial charge in [0.2, 0.25) is 0 Å². The lowest BCUT2D eigenvalue weighted by Crippen LogP contribution is -2.54. The third-order valence-corrected chi connectivity index (χ3v) is 13.4. The summed E-state index contributed by atoms with van der Waals surface area (Å²) in [6.45, 7) is 20.7. The Morgan fingerprint density at radius 3 is 1.87 bits per heavy atom. The maximum absolute atomic E-state index is 7.02. The fraction of sp³-hybridized carbons (Fsp3) is 0.193. The van der Waals surface area contributed by atoms with Gasteiger partial charge in [-0.2, -0.15) is 0 Å². The van der Waals surface area contributed by atoms with Crippen LogP contribution in [0.5, 0.6) is 0 Å². The standard InChI is InChI=1S/C57H51BN2O/c1-34-27-35(2)52(36(3)28-34)58-53-47(45-22-16-21-44-43-19-12-14-23-48(43)60(58)54(44)45)33-50-51(46-20-13-15-24-49(46)61-50)55(53)59(41-26-25-37-17-10-11-18-38(37)29-41)42-31-39(56(4,5)6)30-40(32-42)57(7,8)9/h10-33H,1-9H3. The van der Waals surface area contributed by atoms with Crippen LogP contribution in [0.15, 0.2) is 150 Å². The Bertz CT molecular complexity index is 3390. The van der Waals surface area contributed by atoms with E-state index in [2.05, 4.69) is 217 Å². The first-order valence-electron chi connectivity index (χ1n) is 21.8. The summed E-state index contributed by atoms with van der Waals surface area (Å²) in [5.74, 6) is 0. The molecule has 0 fully saturated rings. The van der Waals surface area contributed by atoms with Crippen LogP contribution in [0.1, 0.15) is 69.4 Å². The second kappa shape index (κ2) is 13.2.